The molecule has 0 bridgehead atoms. The maximum Gasteiger partial charge on any atom is 0.180 e. The van der Waals surface area contributed by atoms with Gasteiger partial charge in [0.15, 0.2) is 16.1 Å². The summed E-state index contributed by atoms with van der Waals surface area (Å²) < 4.78 is 37.4. The lowest BCUT2D eigenvalue weighted by Gasteiger charge is -2.14. The van der Waals surface area contributed by atoms with Gasteiger partial charge in [-0.2, -0.15) is 0 Å². The van der Waals surface area contributed by atoms with Gasteiger partial charge in [-0.1, -0.05) is 6.92 Å². The monoisotopic (exact) mass is 240 g/mol. The van der Waals surface area contributed by atoms with E-state index in [1.807, 2.05) is 6.92 Å². The summed E-state index contributed by atoms with van der Waals surface area (Å²) in [5.74, 6) is 0.196. The van der Waals surface area contributed by atoms with Crippen LogP contribution in [0.4, 0.5) is 0 Å². The zero-order chi connectivity index (χ0) is 11.7. The Balaban J connectivity index is 3.61. The van der Waals surface area contributed by atoms with Gasteiger partial charge < -0.3 is 14.2 Å². The molecule has 1 unspecified atom stereocenters. The summed E-state index contributed by atoms with van der Waals surface area (Å²) in [6.45, 7) is 4.45. The van der Waals surface area contributed by atoms with E-state index < -0.39 is 16.1 Å². The van der Waals surface area contributed by atoms with Gasteiger partial charge in [0, 0.05) is 19.5 Å². The lowest BCUT2D eigenvalue weighted by molar-refractivity contribution is -0.153. The van der Waals surface area contributed by atoms with Gasteiger partial charge in [0.1, 0.15) is 0 Å². The predicted octanol–water partition coefficient (Wildman–Crippen LogP) is 0.447. The van der Waals surface area contributed by atoms with E-state index in [2.05, 4.69) is 0 Å². The van der Waals surface area contributed by atoms with Crippen molar-refractivity contribution in [3.8, 4) is 0 Å². The highest BCUT2D eigenvalue weighted by Crippen LogP contribution is 1.95. The average Bonchev–Trinajstić information content (AvgIpc) is 2.22. The third kappa shape index (κ3) is 7.72. The van der Waals surface area contributed by atoms with Crippen LogP contribution < -0.4 is 0 Å². The summed E-state index contributed by atoms with van der Waals surface area (Å²) >= 11 is 0. The third-order valence-corrected chi connectivity index (χ3v) is 3.52. The lowest BCUT2D eigenvalue weighted by Crippen LogP contribution is -2.24. The minimum absolute atomic E-state index is 0.0477. The number of hydrogen-bond donors (Lipinski definition) is 0. The second-order valence-electron chi connectivity index (χ2n) is 2.93. The Bertz CT molecular complexity index is 237. The average molecular weight is 240 g/mol. The first-order valence-electron chi connectivity index (χ1n) is 4.98. The molecule has 0 heterocycles. The van der Waals surface area contributed by atoms with E-state index in [1.54, 1.807) is 6.92 Å². The molecule has 0 N–H and O–H groups in total. The van der Waals surface area contributed by atoms with Gasteiger partial charge in [0.25, 0.3) is 0 Å². The van der Waals surface area contributed by atoms with Crippen LogP contribution in [0.5, 0.6) is 0 Å². The van der Waals surface area contributed by atoms with Crippen LogP contribution in [0, 0.1) is 0 Å². The van der Waals surface area contributed by atoms with Crippen LogP contribution in [-0.4, -0.2) is 53.1 Å². The van der Waals surface area contributed by atoms with E-state index in [0.29, 0.717) is 6.61 Å². The fraction of sp³-hybridized carbons (Fsp3) is 1.00. The predicted molar refractivity (Wildman–Crippen MR) is 57.6 cm³/mol. The van der Waals surface area contributed by atoms with Gasteiger partial charge in [-0.25, -0.2) is 8.42 Å². The zero-order valence-corrected chi connectivity index (χ0v) is 10.4. The van der Waals surface area contributed by atoms with Crippen molar-refractivity contribution in [2.24, 2.45) is 0 Å². The summed E-state index contributed by atoms with van der Waals surface area (Å²) in [6.07, 6.45) is -0.417. The van der Waals surface area contributed by atoms with Gasteiger partial charge in [-0.05, 0) is 6.92 Å². The molecule has 15 heavy (non-hydrogen) atoms. The molecule has 0 rings (SSSR count). The number of hydrogen-bond acceptors (Lipinski definition) is 5. The van der Waals surface area contributed by atoms with Crippen molar-refractivity contribution < 1.29 is 22.6 Å². The largest absolute Gasteiger partial charge is 0.375 e. The molecule has 0 aromatic carbocycles. The van der Waals surface area contributed by atoms with Gasteiger partial charge in [-0.3, -0.25) is 0 Å². The maximum atomic E-state index is 11.1. The van der Waals surface area contributed by atoms with E-state index in [1.165, 1.54) is 7.11 Å². The summed E-state index contributed by atoms with van der Waals surface area (Å²) in [5, 5.41) is 0. The molecule has 0 fully saturated rings. The van der Waals surface area contributed by atoms with Crippen molar-refractivity contribution in [2.45, 2.75) is 20.1 Å². The molecule has 92 valence electrons. The molecule has 0 amide bonds. The van der Waals surface area contributed by atoms with Crippen molar-refractivity contribution in [3.05, 3.63) is 0 Å². The van der Waals surface area contributed by atoms with Crippen molar-refractivity contribution in [1.82, 2.24) is 0 Å². The number of methoxy groups -OCH3 is 1. The fourth-order valence-electron chi connectivity index (χ4n) is 0.880. The van der Waals surface area contributed by atoms with Crippen LogP contribution in [0.2, 0.25) is 0 Å². The van der Waals surface area contributed by atoms with Crippen molar-refractivity contribution in [3.63, 3.8) is 0 Å². The molecule has 0 radical (unpaired) electrons. The van der Waals surface area contributed by atoms with Crippen LogP contribution in [0.1, 0.15) is 13.8 Å². The van der Waals surface area contributed by atoms with Gasteiger partial charge >= 0.3 is 0 Å². The molecule has 0 saturated carbocycles. The summed E-state index contributed by atoms with van der Waals surface area (Å²) in [4.78, 5) is 0. The molecule has 0 aliphatic carbocycles. The first-order valence-corrected chi connectivity index (χ1v) is 6.80. The van der Waals surface area contributed by atoms with Crippen LogP contribution >= 0.6 is 0 Å². The molecule has 0 spiro atoms. The van der Waals surface area contributed by atoms with Crippen molar-refractivity contribution >= 4 is 9.84 Å². The molecular formula is C9H20O5S. The van der Waals surface area contributed by atoms with Crippen LogP contribution in [0.25, 0.3) is 0 Å². The second kappa shape index (κ2) is 8.04. The maximum absolute atomic E-state index is 11.1. The Hall–Kier alpha value is -0.170. The molecule has 0 aliphatic heterocycles. The highest BCUT2D eigenvalue weighted by molar-refractivity contribution is 7.91. The van der Waals surface area contributed by atoms with E-state index in [0.717, 1.165) is 0 Å². The van der Waals surface area contributed by atoms with Crippen LogP contribution in [0.15, 0.2) is 0 Å². The Kier molecular flexibility index (Phi) is 7.95. The molecule has 0 saturated heterocycles. The summed E-state index contributed by atoms with van der Waals surface area (Å²) in [6, 6.07) is 0. The second-order valence-corrected chi connectivity index (χ2v) is 5.40. The molecule has 1 atom stereocenters. The highest BCUT2D eigenvalue weighted by atomic mass is 32.2. The van der Waals surface area contributed by atoms with E-state index in [4.69, 9.17) is 14.2 Å². The quantitative estimate of drug-likeness (QED) is 0.432. The standard InChI is InChI=1S/C9H20O5S/c1-4-14-9(12-3)8-13-6-7-15(10,11)5-2/h9H,4-8H2,1-3H3. The summed E-state index contributed by atoms with van der Waals surface area (Å²) in [7, 11) is -1.42. The molecular weight excluding hydrogens is 220 g/mol. The van der Waals surface area contributed by atoms with Crippen molar-refractivity contribution in [2.75, 3.05) is 38.4 Å². The fourth-order valence-corrected chi connectivity index (χ4v) is 1.54. The number of rotatable bonds is 9. The highest BCUT2D eigenvalue weighted by Gasteiger charge is 2.09. The minimum atomic E-state index is -2.94. The Morgan fingerprint density at radius 1 is 1.27 bits per heavy atom. The summed E-state index contributed by atoms with van der Waals surface area (Å²) in [5.41, 5.74) is 0. The molecule has 6 heteroatoms. The Labute approximate surface area is 91.6 Å². The van der Waals surface area contributed by atoms with Crippen LogP contribution in [-0.2, 0) is 24.0 Å². The Morgan fingerprint density at radius 2 is 1.93 bits per heavy atom. The van der Waals surface area contributed by atoms with E-state index in [-0.39, 0.29) is 24.7 Å². The number of ether oxygens (including phenoxy) is 3. The molecule has 5 nitrogen and oxygen atoms in total. The minimum Gasteiger partial charge on any atom is -0.375 e. The van der Waals surface area contributed by atoms with Gasteiger partial charge in [0.05, 0.1) is 19.0 Å². The smallest absolute Gasteiger partial charge is 0.180 e. The first kappa shape index (κ1) is 14.8. The Morgan fingerprint density at radius 3 is 2.40 bits per heavy atom. The van der Waals surface area contributed by atoms with Gasteiger partial charge in [-0.15, -0.1) is 0 Å². The SMILES string of the molecule is CCOC(COCCS(=O)(=O)CC)OC. The zero-order valence-electron chi connectivity index (χ0n) is 9.56. The van der Waals surface area contributed by atoms with E-state index in [9.17, 15) is 8.42 Å². The molecule has 0 aromatic rings. The topological polar surface area (TPSA) is 61.8 Å². The third-order valence-electron chi connectivity index (χ3n) is 1.85. The normalized spacial score (nSPS) is 14.1. The molecule has 0 aliphatic rings. The lowest BCUT2D eigenvalue weighted by atomic mass is 10.6. The molecule has 0 aromatic heterocycles. The van der Waals surface area contributed by atoms with E-state index >= 15 is 0 Å². The number of sulfone groups is 1. The van der Waals surface area contributed by atoms with Crippen molar-refractivity contribution in [1.29, 1.82) is 0 Å². The van der Waals surface area contributed by atoms with Gasteiger partial charge in [0.2, 0.25) is 0 Å². The van der Waals surface area contributed by atoms with Crippen LogP contribution in [0.3, 0.4) is 0 Å². The first-order chi connectivity index (χ1) is 7.05.